The molecule has 0 saturated heterocycles. The van der Waals surface area contributed by atoms with Gasteiger partial charge in [0.1, 0.15) is 11.1 Å². The molecule has 0 spiro atoms. The molecule has 4 heterocycles. The highest BCUT2D eigenvalue weighted by Crippen LogP contribution is 2.26. The molecule has 5 rings (SSSR count). The smallest absolute Gasteiger partial charge is 0.262 e. The van der Waals surface area contributed by atoms with Gasteiger partial charge in [0, 0.05) is 24.3 Å². The van der Waals surface area contributed by atoms with Crippen LogP contribution in [0.15, 0.2) is 46.1 Å². The summed E-state index contributed by atoms with van der Waals surface area (Å²) in [4.78, 5) is 38.2. The number of rotatable bonds is 2. The van der Waals surface area contributed by atoms with Crippen LogP contribution in [0.4, 0.5) is 0 Å². The first-order valence-corrected chi connectivity index (χ1v) is 9.41. The summed E-state index contributed by atoms with van der Waals surface area (Å²) in [6, 6.07) is 8.27. The lowest BCUT2D eigenvalue weighted by Crippen LogP contribution is -2.37. The van der Waals surface area contributed by atoms with Crippen molar-refractivity contribution in [3.63, 3.8) is 0 Å². The van der Waals surface area contributed by atoms with Crippen LogP contribution in [0, 0.1) is 13.8 Å². The molecule has 8 heteroatoms. The molecular weight excluding hydrogens is 370 g/mol. The highest BCUT2D eigenvalue weighted by molar-refractivity contribution is 6.06. The molecule has 0 saturated carbocycles. The molecule has 1 aliphatic heterocycles. The quantitative estimate of drug-likeness (QED) is 0.568. The summed E-state index contributed by atoms with van der Waals surface area (Å²) < 4.78 is 7.61. The number of benzene rings is 1. The first-order chi connectivity index (χ1) is 14.0. The van der Waals surface area contributed by atoms with Crippen LogP contribution in [0.5, 0.6) is 0 Å². The molecular formula is C21H19N5O3. The number of amides is 1. The number of aromatic nitrogens is 4. The topological polar surface area (TPSA) is 97.0 Å². The molecule has 146 valence electrons. The summed E-state index contributed by atoms with van der Waals surface area (Å²) in [5.74, 6) is 0.153. The molecule has 0 atom stereocenters. The summed E-state index contributed by atoms with van der Waals surface area (Å²) in [6.45, 7) is 4.65. The van der Waals surface area contributed by atoms with Crippen molar-refractivity contribution in [2.24, 2.45) is 0 Å². The van der Waals surface area contributed by atoms with E-state index in [1.165, 1.54) is 11.9 Å². The minimum Gasteiger partial charge on any atom is -0.442 e. The Balaban J connectivity index is 1.48. The molecule has 1 N–H and O–H groups in total. The molecule has 4 aromatic rings. The number of carbonyl (C=O) groups is 1. The van der Waals surface area contributed by atoms with Crippen molar-refractivity contribution >= 4 is 17.0 Å². The van der Waals surface area contributed by atoms with E-state index < -0.39 is 0 Å². The van der Waals surface area contributed by atoms with Crippen LogP contribution in [0.2, 0.25) is 0 Å². The van der Waals surface area contributed by atoms with Crippen LogP contribution in [0.1, 0.15) is 33.1 Å². The molecule has 29 heavy (non-hydrogen) atoms. The Bertz CT molecular complexity index is 1300. The van der Waals surface area contributed by atoms with Gasteiger partial charge in [0.05, 0.1) is 30.5 Å². The van der Waals surface area contributed by atoms with Gasteiger partial charge < -0.3 is 18.9 Å². The third-order valence-corrected chi connectivity index (χ3v) is 5.40. The normalized spacial score (nSPS) is 13.7. The number of hydrogen-bond acceptors (Lipinski definition) is 5. The third kappa shape index (κ3) is 2.75. The molecule has 0 unspecified atom stereocenters. The number of hydrogen-bond donors (Lipinski definition) is 1. The van der Waals surface area contributed by atoms with E-state index in [1.807, 2.05) is 0 Å². The predicted molar refractivity (Wildman–Crippen MR) is 106 cm³/mol. The number of aromatic amines is 1. The zero-order chi connectivity index (χ0) is 20.1. The molecule has 0 radical (unpaired) electrons. The molecule has 8 nitrogen and oxygen atoms in total. The number of fused-ring (bicyclic) bond motifs is 2. The van der Waals surface area contributed by atoms with E-state index in [0.717, 1.165) is 17.1 Å². The summed E-state index contributed by atoms with van der Waals surface area (Å²) in [5, 5.41) is 0.200. The fourth-order valence-corrected chi connectivity index (χ4v) is 3.88. The van der Waals surface area contributed by atoms with Crippen LogP contribution in [0.25, 0.3) is 16.8 Å². The Hall–Kier alpha value is -3.68. The second-order valence-corrected chi connectivity index (χ2v) is 7.27. The summed E-state index contributed by atoms with van der Waals surface area (Å²) in [7, 11) is 0. The number of nitrogens with zero attached hydrogens (tertiary/aromatic N) is 4. The van der Waals surface area contributed by atoms with Gasteiger partial charge in [0.2, 0.25) is 5.71 Å². The standard InChI is InChI=1S/C21H19N5O3/c1-12-3-5-14(6-4-12)26-11-24-15-9-25(8-7-16(15)26)21(28)17-13(2)29-20-18(17)19(27)22-10-23-20/h3-6,10-11H,7-9H2,1-2H3,(H,22,23,27). The molecule has 1 aromatic carbocycles. The average Bonchev–Trinajstić information content (AvgIpc) is 3.29. The lowest BCUT2D eigenvalue weighted by molar-refractivity contribution is 0.0731. The number of aryl methyl sites for hydroxylation is 2. The highest BCUT2D eigenvalue weighted by Gasteiger charge is 2.30. The van der Waals surface area contributed by atoms with E-state index in [4.69, 9.17) is 4.42 Å². The van der Waals surface area contributed by atoms with Crippen LogP contribution >= 0.6 is 0 Å². The minimum atomic E-state index is -0.378. The lowest BCUT2D eigenvalue weighted by atomic mass is 10.1. The maximum absolute atomic E-state index is 13.2. The van der Waals surface area contributed by atoms with E-state index in [-0.39, 0.29) is 28.1 Å². The SMILES string of the molecule is Cc1ccc(-n2cnc3c2CCN(C(=O)c2c(C)oc4nc[nH]c(=O)c24)C3)cc1. The Morgan fingerprint density at radius 3 is 2.76 bits per heavy atom. The van der Waals surface area contributed by atoms with Crippen LogP contribution < -0.4 is 5.56 Å². The van der Waals surface area contributed by atoms with E-state index in [1.54, 1.807) is 18.2 Å². The van der Waals surface area contributed by atoms with Crippen LogP contribution in [-0.4, -0.2) is 36.9 Å². The zero-order valence-electron chi connectivity index (χ0n) is 16.1. The van der Waals surface area contributed by atoms with E-state index in [2.05, 4.69) is 50.7 Å². The van der Waals surface area contributed by atoms with Gasteiger partial charge in [-0.2, -0.15) is 0 Å². The Kier molecular flexibility index (Phi) is 3.87. The van der Waals surface area contributed by atoms with Crippen molar-refractivity contribution in [3.8, 4) is 5.69 Å². The summed E-state index contributed by atoms with van der Waals surface area (Å²) in [5.41, 5.74) is 4.29. The first kappa shape index (κ1) is 17.4. The fourth-order valence-electron chi connectivity index (χ4n) is 3.88. The van der Waals surface area contributed by atoms with Crippen molar-refractivity contribution in [1.29, 1.82) is 0 Å². The van der Waals surface area contributed by atoms with Crippen molar-refractivity contribution in [2.45, 2.75) is 26.8 Å². The zero-order valence-corrected chi connectivity index (χ0v) is 16.1. The molecule has 3 aromatic heterocycles. The molecule has 0 bridgehead atoms. The second-order valence-electron chi connectivity index (χ2n) is 7.27. The average molecular weight is 389 g/mol. The number of furan rings is 1. The van der Waals surface area contributed by atoms with Crippen LogP contribution in [-0.2, 0) is 13.0 Å². The van der Waals surface area contributed by atoms with Gasteiger partial charge in [0.15, 0.2) is 0 Å². The van der Waals surface area contributed by atoms with Gasteiger partial charge in [-0.1, -0.05) is 17.7 Å². The molecule has 1 amide bonds. The van der Waals surface area contributed by atoms with Crippen molar-refractivity contribution in [1.82, 2.24) is 24.4 Å². The predicted octanol–water partition coefficient (Wildman–Crippen LogP) is 2.52. The van der Waals surface area contributed by atoms with E-state index in [0.29, 0.717) is 25.3 Å². The largest absolute Gasteiger partial charge is 0.442 e. The maximum Gasteiger partial charge on any atom is 0.262 e. The fraction of sp³-hybridized carbons (Fsp3) is 0.238. The van der Waals surface area contributed by atoms with Gasteiger partial charge in [-0.15, -0.1) is 0 Å². The van der Waals surface area contributed by atoms with Gasteiger partial charge in [-0.3, -0.25) is 9.59 Å². The van der Waals surface area contributed by atoms with Crippen molar-refractivity contribution < 1.29 is 9.21 Å². The highest BCUT2D eigenvalue weighted by atomic mass is 16.3. The van der Waals surface area contributed by atoms with Crippen molar-refractivity contribution in [2.75, 3.05) is 6.54 Å². The van der Waals surface area contributed by atoms with E-state index >= 15 is 0 Å². The molecule has 0 fully saturated rings. The van der Waals surface area contributed by atoms with Gasteiger partial charge in [-0.05, 0) is 26.0 Å². The monoisotopic (exact) mass is 389 g/mol. The maximum atomic E-state index is 13.2. The summed E-state index contributed by atoms with van der Waals surface area (Å²) in [6.07, 6.45) is 3.75. The number of carbonyl (C=O) groups excluding carboxylic acids is 1. The minimum absolute atomic E-state index is 0.177. The molecule has 0 aliphatic carbocycles. The Labute approximate surface area is 165 Å². The Morgan fingerprint density at radius 2 is 1.97 bits per heavy atom. The Morgan fingerprint density at radius 1 is 1.17 bits per heavy atom. The van der Waals surface area contributed by atoms with Gasteiger partial charge in [0.25, 0.3) is 11.5 Å². The second kappa shape index (κ2) is 6.44. The first-order valence-electron chi connectivity index (χ1n) is 9.41. The van der Waals surface area contributed by atoms with Gasteiger partial charge in [-0.25, -0.2) is 9.97 Å². The van der Waals surface area contributed by atoms with Crippen molar-refractivity contribution in [3.05, 3.63) is 75.5 Å². The summed E-state index contributed by atoms with van der Waals surface area (Å²) >= 11 is 0. The van der Waals surface area contributed by atoms with Gasteiger partial charge >= 0.3 is 0 Å². The number of nitrogens with one attached hydrogen (secondary N) is 1. The third-order valence-electron chi connectivity index (χ3n) is 5.40. The van der Waals surface area contributed by atoms with E-state index in [9.17, 15) is 9.59 Å². The molecule has 1 aliphatic rings. The van der Waals surface area contributed by atoms with Crippen LogP contribution in [0.3, 0.4) is 0 Å². The number of imidazole rings is 1. The number of H-pyrrole nitrogens is 1. The lowest BCUT2D eigenvalue weighted by Gasteiger charge is -2.27.